The van der Waals surface area contributed by atoms with E-state index in [4.69, 9.17) is 9.47 Å². The molecule has 0 aromatic rings. The third-order valence-electron chi connectivity index (χ3n) is 4.24. The highest BCUT2D eigenvalue weighted by atomic mass is 32.2. The molecule has 0 aliphatic carbocycles. The summed E-state index contributed by atoms with van der Waals surface area (Å²) >= 11 is 0. The summed E-state index contributed by atoms with van der Waals surface area (Å²) in [4.78, 5) is 26.0. The molecule has 0 aromatic carbocycles. The fourth-order valence-electron chi connectivity index (χ4n) is 2.69. The molecule has 23 heavy (non-hydrogen) atoms. The number of esters is 1. The maximum absolute atomic E-state index is 12.2. The van der Waals surface area contributed by atoms with Crippen LogP contribution in [0.3, 0.4) is 0 Å². The molecule has 1 amide bonds. The molecule has 134 valence electrons. The Morgan fingerprint density at radius 1 is 1.17 bits per heavy atom. The van der Waals surface area contributed by atoms with Gasteiger partial charge in [0.15, 0.2) is 0 Å². The molecule has 0 bridgehead atoms. The molecule has 0 N–H and O–H groups in total. The van der Waals surface area contributed by atoms with Gasteiger partial charge in [0.25, 0.3) is 0 Å². The van der Waals surface area contributed by atoms with Crippen LogP contribution in [-0.4, -0.2) is 64.9 Å². The monoisotopic (exact) mass is 347 g/mol. The van der Waals surface area contributed by atoms with E-state index in [1.54, 1.807) is 11.8 Å². The van der Waals surface area contributed by atoms with Crippen LogP contribution in [0.2, 0.25) is 0 Å². The molecule has 1 heterocycles. The summed E-state index contributed by atoms with van der Waals surface area (Å²) in [7, 11) is -1.32. The lowest BCUT2D eigenvalue weighted by molar-refractivity contribution is -0.149. The molecule has 6 nitrogen and oxygen atoms in total. The molecule has 1 unspecified atom stereocenters. The number of amides is 1. The zero-order valence-corrected chi connectivity index (χ0v) is 15.3. The van der Waals surface area contributed by atoms with E-state index in [0.29, 0.717) is 32.5 Å². The minimum Gasteiger partial charge on any atom is -0.465 e. The molecule has 0 saturated carbocycles. The van der Waals surface area contributed by atoms with Gasteiger partial charge in [0.05, 0.1) is 6.61 Å². The zero-order chi connectivity index (χ0) is 17.3. The van der Waals surface area contributed by atoms with Crippen molar-refractivity contribution in [3.63, 3.8) is 0 Å². The van der Waals surface area contributed by atoms with E-state index in [-0.39, 0.29) is 19.1 Å². The Balaban J connectivity index is 2.47. The maximum atomic E-state index is 12.2. The molecule has 0 radical (unpaired) electrons. The van der Waals surface area contributed by atoms with Gasteiger partial charge in [-0.05, 0) is 26.2 Å². The first kappa shape index (κ1) is 20.1. The van der Waals surface area contributed by atoms with Crippen molar-refractivity contribution in [2.24, 2.45) is 0 Å². The van der Waals surface area contributed by atoms with Gasteiger partial charge in [-0.2, -0.15) is 0 Å². The SMILES string of the molecule is CCCCCOCC(=O)N1CCC(C(=O)OCC)(S(C)=O)CC1. The van der Waals surface area contributed by atoms with Gasteiger partial charge < -0.3 is 14.4 Å². The van der Waals surface area contributed by atoms with E-state index in [2.05, 4.69) is 6.92 Å². The smallest absolute Gasteiger partial charge is 0.324 e. The van der Waals surface area contributed by atoms with E-state index in [1.807, 2.05) is 0 Å². The first-order valence-corrected chi connectivity index (χ1v) is 9.90. The maximum Gasteiger partial charge on any atom is 0.324 e. The lowest BCUT2D eigenvalue weighted by atomic mass is 9.95. The molecule has 7 heteroatoms. The second-order valence-electron chi connectivity index (χ2n) is 5.81. The Hall–Kier alpha value is -0.950. The average molecular weight is 347 g/mol. The first-order chi connectivity index (χ1) is 11.0. The second-order valence-corrected chi connectivity index (χ2v) is 7.50. The van der Waals surface area contributed by atoms with Crippen LogP contribution >= 0.6 is 0 Å². The molecule has 1 aliphatic rings. The van der Waals surface area contributed by atoms with Gasteiger partial charge >= 0.3 is 5.97 Å². The van der Waals surface area contributed by atoms with Crippen LogP contribution in [0.4, 0.5) is 0 Å². The fraction of sp³-hybridized carbons (Fsp3) is 0.875. The number of hydrogen-bond donors (Lipinski definition) is 0. The van der Waals surface area contributed by atoms with E-state index in [0.717, 1.165) is 19.3 Å². The number of nitrogens with zero attached hydrogens (tertiary/aromatic N) is 1. The minimum absolute atomic E-state index is 0.0687. The minimum atomic E-state index is -1.32. The van der Waals surface area contributed by atoms with E-state index in [9.17, 15) is 13.8 Å². The standard InChI is InChI=1S/C16H29NO5S/c1-4-6-7-12-21-13-14(18)17-10-8-16(9-11-17,23(3)20)15(19)22-5-2/h4-13H2,1-3H3. The number of ether oxygens (including phenoxy) is 2. The van der Waals surface area contributed by atoms with Crippen molar-refractivity contribution in [2.75, 3.05) is 39.2 Å². The van der Waals surface area contributed by atoms with Crippen molar-refractivity contribution < 1.29 is 23.3 Å². The molecule has 1 saturated heterocycles. The highest BCUT2D eigenvalue weighted by Crippen LogP contribution is 2.29. The van der Waals surface area contributed by atoms with Gasteiger partial charge in [-0.3, -0.25) is 13.8 Å². The summed E-state index contributed by atoms with van der Waals surface area (Å²) in [5.41, 5.74) is 0. The number of piperidine rings is 1. The van der Waals surface area contributed by atoms with Crippen molar-refractivity contribution >= 4 is 22.7 Å². The van der Waals surface area contributed by atoms with Crippen LogP contribution in [0.1, 0.15) is 46.0 Å². The summed E-state index contributed by atoms with van der Waals surface area (Å²) in [5.74, 6) is -0.482. The molecule has 1 rings (SSSR count). The highest BCUT2D eigenvalue weighted by Gasteiger charge is 2.47. The number of carbonyl (C=O) groups is 2. The predicted molar refractivity (Wildman–Crippen MR) is 89.6 cm³/mol. The molecule has 1 fully saturated rings. The number of hydrogen-bond acceptors (Lipinski definition) is 5. The Kier molecular flexibility index (Phi) is 8.76. The van der Waals surface area contributed by atoms with Crippen LogP contribution in [0.5, 0.6) is 0 Å². The Labute approximate surface area is 141 Å². The number of unbranched alkanes of at least 4 members (excludes halogenated alkanes) is 2. The van der Waals surface area contributed by atoms with Gasteiger partial charge in [-0.15, -0.1) is 0 Å². The Morgan fingerprint density at radius 2 is 1.83 bits per heavy atom. The van der Waals surface area contributed by atoms with Gasteiger partial charge in [0.2, 0.25) is 5.91 Å². The van der Waals surface area contributed by atoms with Crippen molar-refractivity contribution in [3.8, 4) is 0 Å². The summed E-state index contributed by atoms with van der Waals surface area (Å²) < 4.78 is 21.6. The summed E-state index contributed by atoms with van der Waals surface area (Å²) in [6.07, 6.45) is 5.46. The number of carbonyl (C=O) groups excluding carboxylic acids is 2. The largest absolute Gasteiger partial charge is 0.465 e. The summed E-state index contributed by atoms with van der Waals surface area (Å²) in [6.45, 7) is 5.62. The van der Waals surface area contributed by atoms with Crippen LogP contribution < -0.4 is 0 Å². The van der Waals surface area contributed by atoms with Gasteiger partial charge in [0.1, 0.15) is 11.4 Å². The predicted octanol–water partition coefficient (Wildman–Crippen LogP) is 1.50. The molecule has 0 aromatic heterocycles. The van der Waals surface area contributed by atoms with E-state index >= 15 is 0 Å². The van der Waals surface area contributed by atoms with Crippen molar-refractivity contribution in [1.82, 2.24) is 4.90 Å². The van der Waals surface area contributed by atoms with Gasteiger partial charge in [-0.1, -0.05) is 19.8 Å². The lowest BCUT2D eigenvalue weighted by Crippen LogP contribution is -2.54. The Bertz CT molecular complexity index is 419. The topological polar surface area (TPSA) is 72.9 Å². The molecule has 1 atom stereocenters. The molecular formula is C16H29NO5S. The number of rotatable bonds is 9. The fourth-order valence-corrected chi connectivity index (χ4v) is 3.74. The van der Waals surface area contributed by atoms with Crippen LogP contribution in [-0.2, 0) is 29.9 Å². The zero-order valence-electron chi connectivity index (χ0n) is 14.5. The molecule has 1 aliphatic heterocycles. The average Bonchev–Trinajstić information content (AvgIpc) is 2.54. The van der Waals surface area contributed by atoms with Crippen LogP contribution in [0.25, 0.3) is 0 Å². The van der Waals surface area contributed by atoms with Crippen molar-refractivity contribution in [1.29, 1.82) is 0 Å². The summed E-state index contributed by atoms with van der Waals surface area (Å²) in [5, 5.41) is 0. The van der Waals surface area contributed by atoms with Gasteiger partial charge in [-0.25, -0.2) is 0 Å². The second kappa shape index (κ2) is 10.0. The quantitative estimate of drug-likeness (QED) is 0.467. The van der Waals surface area contributed by atoms with Gasteiger partial charge in [0, 0.05) is 36.8 Å². The first-order valence-electron chi connectivity index (χ1n) is 8.34. The highest BCUT2D eigenvalue weighted by molar-refractivity contribution is 7.86. The van der Waals surface area contributed by atoms with Crippen molar-refractivity contribution in [3.05, 3.63) is 0 Å². The Morgan fingerprint density at radius 3 is 2.35 bits per heavy atom. The van der Waals surface area contributed by atoms with Crippen molar-refractivity contribution in [2.45, 2.75) is 50.7 Å². The summed E-state index contributed by atoms with van der Waals surface area (Å²) in [6, 6.07) is 0. The van der Waals surface area contributed by atoms with Crippen LogP contribution in [0, 0.1) is 0 Å². The molecule has 0 spiro atoms. The third kappa shape index (κ3) is 5.57. The van der Waals surface area contributed by atoms with Crippen LogP contribution in [0.15, 0.2) is 0 Å². The normalized spacial score (nSPS) is 18.5. The van der Waals surface area contributed by atoms with E-state index in [1.165, 1.54) is 6.26 Å². The molecular weight excluding hydrogens is 318 g/mol. The third-order valence-corrected chi connectivity index (χ3v) is 5.91. The number of likely N-dealkylation sites (tertiary alicyclic amines) is 1. The lowest BCUT2D eigenvalue weighted by Gasteiger charge is -2.38. The van der Waals surface area contributed by atoms with E-state index < -0.39 is 21.5 Å².